The molecule has 9 rings (SSSR count). The van der Waals surface area contributed by atoms with Crippen molar-refractivity contribution in [2.45, 2.75) is 6.92 Å². The monoisotopic (exact) mass is 760 g/mol. The average Bonchev–Trinajstić information content (AvgIpc) is 3.58. The van der Waals surface area contributed by atoms with E-state index in [2.05, 4.69) is 85.0 Å². The van der Waals surface area contributed by atoms with Gasteiger partial charge in [-0.3, -0.25) is 4.90 Å². The lowest BCUT2D eigenvalue weighted by molar-refractivity contribution is 0.599. The molecule has 0 amide bonds. The van der Waals surface area contributed by atoms with Crippen LogP contribution in [0.1, 0.15) is 11.4 Å². The fourth-order valence-corrected chi connectivity index (χ4v) is 8.84. The van der Waals surface area contributed by atoms with E-state index in [1.807, 2.05) is 79.7 Å². The second-order valence-corrected chi connectivity index (χ2v) is 15.4. The van der Waals surface area contributed by atoms with Crippen LogP contribution in [0.15, 0.2) is 189 Å². The summed E-state index contributed by atoms with van der Waals surface area (Å²) in [5.41, 5.74) is 9.02. The zero-order valence-corrected chi connectivity index (χ0v) is 31.9. The quantitative estimate of drug-likeness (QED) is 0.143. The number of fused-ring (bicyclic) bond motifs is 4. The van der Waals surface area contributed by atoms with Crippen molar-refractivity contribution in [1.29, 1.82) is 0 Å². The molecule has 0 radical (unpaired) electrons. The van der Waals surface area contributed by atoms with Crippen molar-refractivity contribution < 1.29 is 8.42 Å². The highest BCUT2D eigenvalue weighted by molar-refractivity contribution is 7.97. The highest BCUT2D eigenvalue weighted by Crippen LogP contribution is 2.49. The van der Waals surface area contributed by atoms with Gasteiger partial charge in [0.05, 0.1) is 28.1 Å². The van der Waals surface area contributed by atoms with Gasteiger partial charge in [0.1, 0.15) is 0 Å². The number of aryl methyl sites for hydroxylation is 1. The molecule has 8 aromatic rings. The van der Waals surface area contributed by atoms with Crippen molar-refractivity contribution >= 4 is 60.4 Å². The first-order valence-electron chi connectivity index (χ1n) is 18.4. The predicted molar refractivity (Wildman–Crippen MR) is 233 cm³/mol. The predicted octanol–water partition coefficient (Wildman–Crippen LogP) is 11.5. The van der Waals surface area contributed by atoms with Crippen LogP contribution in [-0.4, -0.2) is 27.9 Å². The lowest BCUT2D eigenvalue weighted by Gasteiger charge is -2.38. The highest BCUT2D eigenvalue weighted by Gasteiger charge is 2.42. The molecule has 0 aliphatic carbocycles. The van der Waals surface area contributed by atoms with E-state index in [-0.39, 0.29) is 16.8 Å². The molecule has 0 unspecified atom stereocenters. The molecule has 1 aliphatic rings. The third kappa shape index (κ3) is 5.92. The summed E-state index contributed by atoms with van der Waals surface area (Å²) >= 11 is 0. The fourth-order valence-electron chi connectivity index (χ4n) is 7.49. The maximum Gasteiger partial charge on any atom is 0.286 e. The first kappa shape index (κ1) is 35.3. The van der Waals surface area contributed by atoms with E-state index < -0.39 is 10.0 Å². The summed E-state index contributed by atoms with van der Waals surface area (Å²) in [5.74, 6) is 0.486. The first-order chi connectivity index (χ1) is 27.8. The van der Waals surface area contributed by atoms with Crippen molar-refractivity contribution in [2.24, 2.45) is 0 Å². The summed E-state index contributed by atoms with van der Waals surface area (Å²) in [4.78, 5) is 15.9. The molecule has 0 saturated heterocycles. The number of para-hydroxylation sites is 4. The van der Waals surface area contributed by atoms with Gasteiger partial charge in [0.25, 0.3) is 10.0 Å². The number of benzene rings is 6. The minimum Gasteiger partial charge on any atom is -0.309 e. The summed E-state index contributed by atoms with van der Waals surface area (Å²) in [7, 11) is -4.35. The van der Waals surface area contributed by atoms with Crippen LogP contribution in [0.2, 0.25) is 0 Å². The third-order valence-electron chi connectivity index (χ3n) is 10.2. The Labute approximate surface area is 331 Å². The van der Waals surface area contributed by atoms with Gasteiger partial charge in [-0.15, -0.1) is 0 Å². The number of aromatic nitrogens is 4. The van der Waals surface area contributed by atoms with Crippen LogP contribution in [-0.2, 0) is 10.0 Å². The first-order valence-corrected chi connectivity index (χ1v) is 19.8. The Bertz CT molecular complexity index is 3060. The van der Waals surface area contributed by atoms with Gasteiger partial charge in [0, 0.05) is 27.6 Å². The summed E-state index contributed by atoms with van der Waals surface area (Å²) < 4.78 is 33.2. The van der Waals surface area contributed by atoms with Crippen molar-refractivity contribution in [1.82, 2.24) is 19.5 Å². The number of rotatable bonds is 8. The van der Waals surface area contributed by atoms with E-state index >= 15 is 0 Å². The number of hydrogen-bond acceptors (Lipinski definition) is 6. The largest absolute Gasteiger partial charge is 0.309 e. The minimum atomic E-state index is -4.35. The number of nitrogens with zero attached hydrogens (tertiary/aromatic N) is 6. The van der Waals surface area contributed by atoms with Crippen molar-refractivity contribution in [3.05, 3.63) is 200 Å². The van der Waals surface area contributed by atoms with Crippen LogP contribution in [0.4, 0.5) is 23.0 Å². The maximum absolute atomic E-state index is 14.9. The van der Waals surface area contributed by atoms with Crippen LogP contribution in [0.25, 0.3) is 55.6 Å². The minimum absolute atomic E-state index is 0.0719. The zero-order chi connectivity index (χ0) is 39.3. The Morgan fingerprint density at radius 2 is 1.28 bits per heavy atom. The molecule has 0 N–H and O–H groups in total. The van der Waals surface area contributed by atoms with E-state index in [0.29, 0.717) is 34.0 Å². The maximum atomic E-state index is 14.9. The third-order valence-corrected chi connectivity index (χ3v) is 11.8. The smallest absolute Gasteiger partial charge is 0.286 e. The molecule has 8 nitrogen and oxygen atoms in total. The molecule has 0 bridgehead atoms. The van der Waals surface area contributed by atoms with Gasteiger partial charge < -0.3 is 4.57 Å². The molecule has 57 heavy (non-hydrogen) atoms. The Balaban J connectivity index is 1.19. The van der Waals surface area contributed by atoms with Crippen LogP contribution in [0.3, 0.4) is 0 Å². The molecular weight excluding hydrogens is 725 g/mol. The molecule has 0 atom stereocenters. The van der Waals surface area contributed by atoms with Crippen molar-refractivity contribution in [3.63, 3.8) is 0 Å². The van der Waals surface area contributed by atoms with Crippen LogP contribution in [0.5, 0.6) is 0 Å². The van der Waals surface area contributed by atoms with Gasteiger partial charge >= 0.3 is 0 Å². The van der Waals surface area contributed by atoms with Gasteiger partial charge in [-0.25, -0.2) is 4.98 Å². The van der Waals surface area contributed by atoms with Crippen LogP contribution in [0, 0.1) is 6.92 Å². The van der Waals surface area contributed by atoms with E-state index in [0.717, 1.165) is 48.5 Å². The fraction of sp³-hybridized carbons (Fsp3) is 0.0208. The second kappa shape index (κ2) is 14.1. The molecule has 0 saturated carbocycles. The molecule has 1 aliphatic heterocycles. The molecular formula is C48H36N6O2S. The topological polar surface area (TPSA) is 84.2 Å². The molecule has 6 aromatic carbocycles. The molecule has 276 valence electrons. The van der Waals surface area contributed by atoms with E-state index in [9.17, 15) is 8.42 Å². The molecule has 3 heterocycles. The number of hydrogen-bond donors (Lipinski definition) is 0. The summed E-state index contributed by atoms with van der Waals surface area (Å²) in [6, 6.07) is 48.1. The lowest BCUT2D eigenvalue weighted by Crippen LogP contribution is -2.40. The average molecular weight is 761 g/mol. The summed E-state index contributed by atoms with van der Waals surface area (Å²) in [6.07, 6.45) is 4.92. The number of anilines is 4. The Morgan fingerprint density at radius 1 is 0.632 bits per heavy atom. The SMILES string of the molecule is C=C/C=C(\C=C)c1nc(-c2ccccc2)nc(N2c3ccccc3N(c3cc(-c4ccc5c(c4)c4ccccc4n5-c4ccccc4)ccc3C)C(=C)S2(=O)=O)n1. The van der Waals surface area contributed by atoms with Gasteiger partial charge in [-0.05, 0) is 72.1 Å². The molecule has 9 heteroatoms. The van der Waals surface area contributed by atoms with Gasteiger partial charge in [0.2, 0.25) is 5.95 Å². The normalized spacial score (nSPS) is 13.8. The highest BCUT2D eigenvalue weighted by atomic mass is 32.2. The van der Waals surface area contributed by atoms with Crippen molar-refractivity contribution in [3.8, 4) is 28.2 Å². The standard InChI is InChI=1S/C48H36N6O2S/c1-5-17-34(6-2)46-49-47(35-18-9-7-10-19-35)51-48(50-46)54-44-25-16-15-24-43(44)52(33(4)57(54,55)56)45-31-37(27-26-32(45)3)36-28-29-42-40(30-36)39-22-13-14-23-41(39)53(42)38-20-11-8-12-21-38/h5-31H,1-2,4H2,3H3/b34-17+. The van der Waals surface area contributed by atoms with E-state index in [4.69, 9.17) is 15.0 Å². The van der Waals surface area contributed by atoms with E-state index in [1.54, 1.807) is 35.3 Å². The molecule has 0 spiro atoms. The van der Waals surface area contributed by atoms with Gasteiger partial charge in [0.15, 0.2) is 16.7 Å². The van der Waals surface area contributed by atoms with Gasteiger partial charge in [-0.1, -0.05) is 135 Å². The van der Waals surface area contributed by atoms with Crippen LogP contribution < -0.4 is 9.21 Å². The second-order valence-electron chi connectivity index (χ2n) is 13.6. The Morgan fingerprint density at radius 3 is 2.04 bits per heavy atom. The number of sulfonamides is 1. The summed E-state index contributed by atoms with van der Waals surface area (Å²) in [6.45, 7) is 13.9. The Kier molecular flexibility index (Phi) is 8.71. The zero-order valence-electron chi connectivity index (χ0n) is 31.1. The molecule has 2 aromatic heterocycles. The van der Waals surface area contributed by atoms with Gasteiger partial charge in [-0.2, -0.15) is 22.7 Å². The molecule has 0 fully saturated rings. The van der Waals surface area contributed by atoms with E-state index in [1.165, 1.54) is 0 Å². The Hall–Kier alpha value is -7.36. The summed E-state index contributed by atoms with van der Waals surface area (Å²) in [5, 5.41) is 2.12. The number of allylic oxidation sites excluding steroid dienone is 4. The van der Waals surface area contributed by atoms with Crippen molar-refractivity contribution in [2.75, 3.05) is 9.21 Å². The van der Waals surface area contributed by atoms with Crippen LogP contribution >= 0.6 is 0 Å². The lowest BCUT2D eigenvalue weighted by atomic mass is 10.00.